The van der Waals surface area contributed by atoms with Gasteiger partial charge in [-0.3, -0.25) is 9.69 Å². The van der Waals surface area contributed by atoms with E-state index in [0.29, 0.717) is 6.54 Å². The molecule has 0 bridgehead atoms. The van der Waals surface area contributed by atoms with Crippen molar-refractivity contribution >= 4 is 46.6 Å². The summed E-state index contributed by atoms with van der Waals surface area (Å²) in [6.45, 7) is 4.84. The Morgan fingerprint density at radius 3 is 2.70 bits per heavy atom. The minimum Gasteiger partial charge on any atom is -0.325 e. The molecule has 0 unspecified atom stereocenters. The first kappa shape index (κ1) is 16.0. The number of carbonyl (C=O) groups is 1. The largest absolute Gasteiger partial charge is 0.325 e. The van der Waals surface area contributed by atoms with Gasteiger partial charge in [-0.1, -0.05) is 6.07 Å². The van der Waals surface area contributed by atoms with E-state index in [-0.39, 0.29) is 18.3 Å². The molecule has 2 N–H and O–H groups in total. The molecule has 0 saturated carbocycles. The smallest absolute Gasteiger partial charge is 0.238 e. The van der Waals surface area contributed by atoms with E-state index in [2.05, 4.69) is 38.1 Å². The zero-order valence-electron chi connectivity index (χ0n) is 11.1. The van der Waals surface area contributed by atoms with E-state index in [1.165, 1.54) is 0 Å². The number of amides is 1. The third-order valence-electron chi connectivity index (χ3n) is 3.94. The Morgan fingerprint density at radius 2 is 2.05 bits per heavy atom. The average molecular weight is 408 g/mol. The molecule has 1 aromatic carbocycles. The van der Waals surface area contributed by atoms with E-state index in [4.69, 9.17) is 0 Å². The molecule has 2 fully saturated rings. The van der Waals surface area contributed by atoms with Crippen LogP contribution in [0.25, 0.3) is 0 Å². The Balaban J connectivity index is 0.00000147. The van der Waals surface area contributed by atoms with E-state index in [0.717, 1.165) is 47.3 Å². The molecule has 0 radical (unpaired) electrons. The molecule has 0 aromatic heterocycles. The van der Waals surface area contributed by atoms with Crippen molar-refractivity contribution in [2.45, 2.75) is 0 Å². The Kier molecular flexibility index (Phi) is 5.65. The second-order valence-electron chi connectivity index (χ2n) is 5.43. The summed E-state index contributed by atoms with van der Waals surface area (Å²) in [6.07, 6.45) is 0. The number of fused-ring (bicyclic) bond motifs is 1. The fraction of sp³-hybridized carbons (Fsp3) is 0.500. The highest BCUT2D eigenvalue weighted by Gasteiger charge is 2.36. The predicted molar refractivity (Wildman–Crippen MR) is 91.3 cm³/mol. The number of carbonyl (C=O) groups excluding carboxylic acids is 1. The number of halogens is 2. The van der Waals surface area contributed by atoms with Crippen LogP contribution in [0.4, 0.5) is 5.69 Å². The minimum atomic E-state index is 0. The van der Waals surface area contributed by atoms with Gasteiger partial charge in [0.25, 0.3) is 0 Å². The zero-order chi connectivity index (χ0) is 13.2. The lowest BCUT2D eigenvalue weighted by Gasteiger charge is -2.16. The molecule has 2 heterocycles. The monoisotopic (exact) mass is 407 g/mol. The summed E-state index contributed by atoms with van der Waals surface area (Å²) >= 11 is 2.25. The summed E-state index contributed by atoms with van der Waals surface area (Å²) in [5.41, 5.74) is 0.887. The Hall–Kier alpha value is -0.370. The maximum atomic E-state index is 12.0. The third kappa shape index (κ3) is 3.84. The summed E-state index contributed by atoms with van der Waals surface area (Å²) < 4.78 is 1.14. The molecule has 6 heteroatoms. The quantitative estimate of drug-likeness (QED) is 0.751. The highest BCUT2D eigenvalue weighted by molar-refractivity contribution is 14.1. The normalized spacial score (nSPS) is 25.1. The summed E-state index contributed by atoms with van der Waals surface area (Å²) in [6, 6.07) is 7.90. The number of nitrogens with zero attached hydrogens (tertiary/aromatic N) is 1. The lowest BCUT2D eigenvalue weighted by atomic mass is 10.0. The summed E-state index contributed by atoms with van der Waals surface area (Å²) in [5.74, 6) is 1.57. The van der Waals surface area contributed by atoms with Crippen molar-refractivity contribution in [3.63, 3.8) is 0 Å². The van der Waals surface area contributed by atoms with Gasteiger partial charge in [0.15, 0.2) is 0 Å². The molecule has 3 rings (SSSR count). The van der Waals surface area contributed by atoms with Gasteiger partial charge in [-0.2, -0.15) is 0 Å². The number of nitrogens with one attached hydrogen (secondary N) is 2. The maximum absolute atomic E-state index is 12.0. The molecule has 2 saturated heterocycles. The van der Waals surface area contributed by atoms with Gasteiger partial charge >= 0.3 is 0 Å². The van der Waals surface area contributed by atoms with Gasteiger partial charge in [0.1, 0.15) is 0 Å². The van der Waals surface area contributed by atoms with Gasteiger partial charge in [-0.25, -0.2) is 0 Å². The Bertz CT molecular complexity index is 473. The van der Waals surface area contributed by atoms with Gasteiger partial charge in [0.2, 0.25) is 5.91 Å². The predicted octanol–water partition coefficient (Wildman–Crippen LogP) is 1.80. The van der Waals surface area contributed by atoms with Crippen molar-refractivity contribution in [1.29, 1.82) is 0 Å². The van der Waals surface area contributed by atoms with Crippen molar-refractivity contribution in [1.82, 2.24) is 10.2 Å². The number of rotatable bonds is 3. The lowest BCUT2D eigenvalue weighted by molar-refractivity contribution is -0.117. The molecular formula is C14H19ClIN3O. The number of anilines is 1. The topological polar surface area (TPSA) is 44.4 Å². The fourth-order valence-corrected chi connectivity index (χ4v) is 3.59. The van der Waals surface area contributed by atoms with E-state index >= 15 is 0 Å². The Labute approximate surface area is 139 Å². The van der Waals surface area contributed by atoms with Crippen LogP contribution in [-0.4, -0.2) is 43.5 Å². The summed E-state index contributed by atoms with van der Waals surface area (Å²) in [4.78, 5) is 14.3. The third-order valence-corrected chi connectivity index (χ3v) is 4.61. The first-order valence-electron chi connectivity index (χ1n) is 6.69. The van der Waals surface area contributed by atoms with E-state index < -0.39 is 0 Å². The summed E-state index contributed by atoms with van der Waals surface area (Å²) in [7, 11) is 0. The van der Waals surface area contributed by atoms with Crippen molar-refractivity contribution in [2.24, 2.45) is 11.8 Å². The van der Waals surface area contributed by atoms with E-state index in [9.17, 15) is 4.79 Å². The maximum Gasteiger partial charge on any atom is 0.238 e. The first-order valence-corrected chi connectivity index (χ1v) is 7.77. The molecule has 1 amide bonds. The fourth-order valence-electron chi connectivity index (χ4n) is 3.05. The molecule has 0 aliphatic carbocycles. The van der Waals surface area contributed by atoms with Crippen LogP contribution in [0.5, 0.6) is 0 Å². The molecule has 110 valence electrons. The van der Waals surface area contributed by atoms with Crippen LogP contribution in [0.3, 0.4) is 0 Å². The van der Waals surface area contributed by atoms with E-state index in [1.54, 1.807) is 0 Å². The van der Waals surface area contributed by atoms with Crippen LogP contribution in [-0.2, 0) is 4.79 Å². The van der Waals surface area contributed by atoms with Crippen LogP contribution in [0, 0.1) is 15.4 Å². The second kappa shape index (κ2) is 7.06. The first-order chi connectivity index (χ1) is 9.20. The van der Waals surface area contributed by atoms with Crippen molar-refractivity contribution in [2.75, 3.05) is 38.0 Å². The summed E-state index contributed by atoms with van der Waals surface area (Å²) in [5, 5.41) is 6.39. The van der Waals surface area contributed by atoms with Gasteiger partial charge in [0.05, 0.1) is 6.54 Å². The number of hydrogen-bond donors (Lipinski definition) is 2. The molecule has 0 spiro atoms. The number of benzene rings is 1. The number of hydrogen-bond acceptors (Lipinski definition) is 3. The van der Waals surface area contributed by atoms with Gasteiger partial charge < -0.3 is 10.6 Å². The van der Waals surface area contributed by atoms with E-state index in [1.807, 2.05) is 24.3 Å². The highest BCUT2D eigenvalue weighted by Crippen LogP contribution is 2.25. The Morgan fingerprint density at radius 1 is 1.35 bits per heavy atom. The highest BCUT2D eigenvalue weighted by atomic mass is 127. The molecule has 1 aromatic rings. The second-order valence-corrected chi connectivity index (χ2v) is 6.68. The van der Waals surface area contributed by atoms with Crippen molar-refractivity contribution in [3.05, 3.63) is 27.8 Å². The minimum absolute atomic E-state index is 0. The van der Waals surface area contributed by atoms with Crippen LogP contribution >= 0.6 is 35.0 Å². The van der Waals surface area contributed by atoms with Gasteiger partial charge in [-0.15, -0.1) is 12.4 Å². The van der Waals surface area contributed by atoms with Crippen LogP contribution < -0.4 is 10.6 Å². The molecule has 20 heavy (non-hydrogen) atoms. The van der Waals surface area contributed by atoms with Crippen LogP contribution in [0.2, 0.25) is 0 Å². The number of likely N-dealkylation sites (tertiary alicyclic amines) is 1. The molecule has 2 atom stereocenters. The average Bonchev–Trinajstić information content (AvgIpc) is 2.89. The van der Waals surface area contributed by atoms with Crippen molar-refractivity contribution < 1.29 is 4.79 Å². The lowest BCUT2D eigenvalue weighted by Crippen LogP contribution is -2.33. The van der Waals surface area contributed by atoms with Gasteiger partial charge in [-0.05, 0) is 65.7 Å². The van der Waals surface area contributed by atoms with Gasteiger partial charge in [0, 0.05) is 22.3 Å². The molecular weight excluding hydrogens is 389 g/mol. The molecule has 2 aliphatic rings. The molecule has 2 aliphatic heterocycles. The van der Waals surface area contributed by atoms with Crippen LogP contribution in [0.1, 0.15) is 0 Å². The SMILES string of the molecule is Cl.O=C(CN1C[C@H]2CNC[C@H]2C1)Nc1cccc(I)c1. The standard InChI is InChI=1S/C14H18IN3O.ClH/c15-12-2-1-3-13(4-12)17-14(19)9-18-7-10-5-16-6-11(10)8-18;/h1-4,10-11,16H,5-9H2,(H,17,19);1H/t10-,11+;. The zero-order valence-corrected chi connectivity index (χ0v) is 14.1. The van der Waals surface area contributed by atoms with Crippen molar-refractivity contribution in [3.8, 4) is 0 Å². The van der Waals surface area contributed by atoms with Crippen LogP contribution in [0.15, 0.2) is 24.3 Å². The molecule has 4 nitrogen and oxygen atoms in total.